The molecule has 1 heterocycles. The highest BCUT2D eigenvalue weighted by Crippen LogP contribution is 2.37. The Labute approximate surface area is 259 Å². The molecular formula is C36H30ClNO6. The molecule has 0 unspecified atom stereocenters. The number of carbonyl (C=O) groups is 1. The number of hydrogen-bond acceptors (Lipinski definition) is 7. The minimum atomic E-state index is -0.381. The molecule has 0 saturated carbocycles. The molecule has 0 fully saturated rings. The molecule has 5 N–H and O–H groups in total. The van der Waals surface area contributed by atoms with Crippen molar-refractivity contribution in [2.45, 2.75) is 25.7 Å². The van der Waals surface area contributed by atoms with Gasteiger partial charge in [-0.3, -0.25) is 4.79 Å². The van der Waals surface area contributed by atoms with E-state index in [9.17, 15) is 20.1 Å². The second-order valence-electron chi connectivity index (χ2n) is 10.8. The van der Waals surface area contributed by atoms with Crippen molar-refractivity contribution in [3.8, 4) is 23.0 Å². The maximum Gasteiger partial charge on any atom is 0.195 e. The SMILES string of the molecule is N/C(=C\C(=O)COc1c2cccc1Cc1cccc(c1O)Cc1cccc(c1O)Cc1cccc(c1O)C2)c1ccc(Cl)o1. The maximum absolute atomic E-state index is 12.9. The van der Waals surface area contributed by atoms with Gasteiger partial charge in [-0.25, -0.2) is 0 Å². The number of fused-ring (bicyclic) bond motifs is 8. The minimum absolute atomic E-state index is 0.125. The number of benzene rings is 4. The van der Waals surface area contributed by atoms with Gasteiger partial charge in [0.2, 0.25) is 0 Å². The van der Waals surface area contributed by atoms with Crippen LogP contribution in [0, 0.1) is 0 Å². The molecule has 222 valence electrons. The Morgan fingerprint density at radius 2 is 1.07 bits per heavy atom. The summed E-state index contributed by atoms with van der Waals surface area (Å²) >= 11 is 5.84. The largest absolute Gasteiger partial charge is 0.507 e. The third-order valence-electron chi connectivity index (χ3n) is 7.84. The summed E-state index contributed by atoms with van der Waals surface area (Å²) in [6, 6.07) is 25.4. The number of hydrogen-bond donors (Lipinski definition) is 4. The molecule has 8 heteroatoms. The van der Waals surface area contributed by atoms with Crippen molar-refractivity contribution in [2.24, 2.45) is 5.73 Å². The van der Waals surface area contributed by atoms with Crippen LogP contribution in [-0.2, 0) is 30.5 Å². The van der Waals surface area contributed by atoms with E-state index in [0.29, 0.717) is 64.8 Å². The summed E-state index contributed by atoms with van der Waals surface area (Å²) in [6.45, 7) is -0.300. The standard InChI is InChI=1S/C36H30ClNO6/c37-32-14-13-31(44-32)30(38)19-29(39)20-43-36-27-11-4-12-28(36)18-26-10-3-8-24(35(26)42)16-22-6-1-5-21(33(22)40)15-23-7-2-9-25(17-27)34(23)41/h1-14,19,40-42H,15-18,20,38H2/b30-19-. The maximum atomic E-state index is 12.9. The molecule has 8 bridgehead atoms. The van der Waals surface area contributed by atoms with E-state index in [1.165, 1.54) is 6.08 Å². The number of phenols is 3. The predicted molar refractivity (Wildman–Crippen MR) is 168 cm³/mol. The number of ketones is 1. The van der Waals surface area contributed by atoms with Crippen LogP contribution < -0.4 is 10.5 Å². The van der Waals surface area contributed by atoms with E-state index in [0.717, 1.165) is 11.1 Å². The molecule has 1 aliphatic carbocycles. The summed E-state index contributed by atoms with van der Waals surface area (Å²) < 4.78 is 11.5. The summed E-state index contributed by atoms with van der Waals surface area (Å²) in [5, 5.41) is 33.9. The Morgan fingerprint density at radius 3 is 1.45 bits per heavy atom. The van der Waals surface area contributed by atoms with Crippen molar-refractivity contribution in [3.05, 3.63) is 146 Å². The van der Waals surface area contributed by atoms with Gasteiger partial charge in [0.25, 0.3) is 0 Å². The molecule has 7 nitrogen and oxygen atoms in total. The number of carbonyl (C=O) groups excluding carboxylic acids is 1. The lowest BCUT2D eigenvalue weighted by Crippen LogP contribution is -2.13. The van der Waals surface area contributed by atoms with E-state index in [1.807, 2.05) is 72.8 Å². The van der Waals surface area contributed by atoms with Gasteiger partial charge in [-0.1, -0.05) is 72.8 Å². The molecule has 5 aromatic rings. The van der Waals surface area contributed by atoms with Crippen LogP contribution in [-0.4, -0.2) is 27.7 Å². The van der Waals surface area contributed by atoms with E-state index in [-0.39, 0.29) is 46.3 Å². The van der Waals surface area contributed by atoms with E-state index in [1.54, 1.807) is 12.1 Å². The normalized spacial score (nSPS) is 13.0. The Morgan fingerprint density at radius 1 is 0.682 bits per heavy atom. The summed E-state index contributed by atoms with van der Waals surface area (Å²) in [4.78, 5) is 12.9. The van der Waals surface area contributed by atoms with Crippen molar-refractivity contribution in [3.63, 3.8) is 0 Å². The molecule has 6 rings (SSSR count). The second kappa shape index (κ2) is 12.2. The van der Waals surface area contributed by atoms with Crippen LogP contribution in [0.4, 0.5) is 0 Å². The molecule has 4 aromatic carbocycles. The van der Waals surface area contributed by atoms with Gasteiger partial charge >= 0.3 is 0 Å². The predicted octanol–water partition coefficient (Wildman–Crippen LogP) is 6.67. The third-order valence-corrected chi connectivity index (χ3v) is 8.05. The van der Waals surface area contributed by atoms with Gasteiger partial charge in [0, 0.05) is 31.8 Å². The summed E-state index contributed by atoms with van der Waals surface area (Å²) in [6.07, 6.45) is 2.51. The number of para-hydroxylation sites is 4. The molecule has 44 heavy (non-hydrogen) atoms. The number of aromatic hydroxyl groups is 3. The Bertz CT molecular complexity index is 1810. The van der Waals surface area contributed by atoms with Crippen LogP contribution >= 0.6 is 11.6 Å². The zero-order chi connectivity index (χ0) is 30.8. The summed E-state index contributed by atoms with van der Waals surface area (Å²) in [5.74, 6) is 0.791. The highest BCUT2D eigenvalue weighted by atomic mass is 35.5. The van der Waals surface area contributed by atoms with E-state index in [4.69, 9.17) is 26.5 Å². The van der Waals surface area contributed by atoms with E-state index < -0.39 is 0 Å². The lowest BCUT2D eigenvalue weighted by molar-refractivity contribution is -0.116. The van der Waals surface area contributed by atoms with Crippen LogP contribution in [0.5, 0.6) is 23.0 Å². The van der Waals surface area contributed by atoms with Crippen LogP contribution in [0.2, 0.25) is 5.22 Å². The molecule has 0 radical (unpaired) electrons. The Balaban J connectivity index is 1.41. The molecule has 0 saturated heterocycles. The topological polar surface area (TPSA) is 126 Å². The van der Waals surface area contributed by atoms with Gasteiger partial charge in [-0.05, 0) is 68.2 Å². The molecule has 0 amide bonds. The lowest BCUT2D eigenvalue weighted by atomic mass is 9.91. The quantitative estimate of drug-likeness (QED) is 0.161. The number of ether oxygens (including phenoxy) is 1. The first-order valence-corrected chi connectivity index (χ1v) is 14.5. The second-order valence-corrected chi connectivity index (χ2v) is 11.2. The Hall–Kier alpha value is -5.14. The first-order chi connectivity index (χ1) is 21.3. The fraction of sp³-hybridized carbons (Fsp3) is 0.139. The van der Waals surface area contributed by atoms with Crippen molar-refractivity contribution >= 4 is 23.1 Å². The van der Waals surface area contributed by atoms with Crippen LogP contribution in [0.15, 0.2) is 95.4 Å². The fourth-order valence-corrected chi connectivity index (χ4v) is 5.76. The Kier molecular flexibility index (Phi) is 8.05. The smallest absolute Gasteiger partial charge is 0.195 e. The molecule has 1 aromatic heterocycles. The number of nitrogens with two attached hydrogens (primary N) is 1. The average Bonchev–Trinajstić information content (AvgIpc) is 3.44. The van der Waals surface area contributed by atoms with Crippen molar-refractivity contribution in [2.75, 3.05) is 6.61 Å². The molecule has 0 atom stereocenters. The zero-order valence-corrected chi connectivity index (χ0v) is 24.5. The van der Waals surface area contributed by atoms with Crippen molar-refractivity contribution in [1.29, 1.82) is 0 Å². The number of phenolic OH excluding ortho intramolecular Hbond substituents is 3. The lowest BCUT2D eigenvalue weighted by Gasteiger charge is -2.19. The number of rotatable bonds is 5. The van der Waals surface area contributed by atoms with Crippen molar-refractivity contribution in [1.82, 2.24) is 0 Å². The average molecular weight is 608 g/mol. The molecular weight excluding hydrogens is 578 g/mol. The fourth-order valence-electron chi connectivity index (χ4n) is 5.61. The first kappa shape index (κ1) is 29.0. The zero-order valence-electron chi connectivity index (χ0n) is 23.7. The van der Waals surface area contributed by atoms with Gasteiger partial charge in [0.05, 0.1) is 5.70 Å². The van der Waals surface area contributed by atoms with Gasteiger partial charge < -0.3 is 30.2 Å². The monoisotopic (exact) mass is 607 g/mol. The van der Waals surface area contributed by atoms with Crippen LogP contribution in [0.3, 0.4) is 0 Å². The first-order valence-electron chi connectivity index (χ1n) is 14.1. The molecule has 0 aliphatic heterocycles. The molecule has 0 spiro atoms. The minimum Gasteiger partial charge on any atom is -0.507 e. The van der Waals surface area contributed by atoms with Gasteiger partial charge in [0.1, 0.15) is 23.0 Å². The van der Waals surface area contributed by atoms with Crippen molar-refractivity contribution < 1.29 is 29.3 Å². The number of halogens is 1. The van der Waals surface area contributed by atoms with Crippen LogP contribution in [0.1, 0.15) is 50.3 Å². The highest BCUT2D eigenvalue weighted by molar-refractivity contribution is 6.28. The summed E-state index contributed by atoms with van der Waals surface area (Å²) in [7, 11) is 0. The highest BCUT2D eigenvalue weighted by Gasteiger charge is 2.20. The molecule has 1 aliphatic rings. The summed E-state index contributed by atoms with van der Waals surface area (Å²) in [5.41, 5.74) is 11.7. The van der Waals surface area contributed by atoms with E-state index >= 15 is 0 Å². The van der Waals surface area contributed by atoms with Crippen LogP contribution in [0.25, 0.3) is 5.70 Å². The third kappa shape index (κ3) is 6.00. The van der Waals surface area contributed by atoms with Gasteiger partial charge in [0.15, 0.2) is 23.4 Å². The van der Waals surface area contributed by atoms with E-state index in [2.05, 4.69) is 0 Å². The van der Waals surface area contributed by atoms with Gasteiger partial charge in [-0.15, -0.1) is 0 Å². The number of furan rings is 1. The van der Waals surface area contributed by atoms with Gasteiger partial charge in [-0.2, -0.15) is 0 Å².